The Labute approximate surface area is 219 Å². The molecule has 2 aromatic carbocycles. The first kappa shape index (κ1) is 24.4. The van der Waals surface area contributed by atoms with Gasteiger partial charge in [-0.1, -0.05) is 45.7 Å². The molecule has 2 aliphatic heterocycles. The van der Waals surface area contributed by atoms with E-state index in [-0.39, 0.29) is 23.1 Å². The number of fused-ring (bicyclic) bond motifs is 1. The molecule has 0 saturated carbocycles. The maximum absolute atomic E-state index is 13.4. The second kappa shape index (κ2) is 10.00. The summed E-state index contributed by atoms with van der Waals surface area (Å²) in [6, 6.07) is 15.0. The molecule has 0 spiro atoms. The van der Waals surface area contributed by atoms with Gasteiger partial charge in [-0.05, 0) is 76.0 Å². The van der Waals surface area contributed by atoms with Crippen molar-refractivity contribution in [1.82, 2.24) is 14.8 Å². The van der Waals surface area contributed by atoms with Gasteiger partial charge in [-0.15, -0.1) is 0 Å². The highest BCUT2D eigenvalue weighted by molar-refractivity contribution is 9.10. The van der Waals surface area contributed by atoms with Crippen molar-refractivity contribution in [3.05, 3.63) is 75.4 Å². The van der Waals surface area contributed by atoms with Gasteiger partial charge >= 0.3 is 0 Å². The number of Topliss-reactive ketones (excluding diaryl/α,β-unsaturated/α-hetero) is 1. The molecule has 7 heteroatoms. The third kappa shape index (κ3) is 5.02. The van der Waals surface area contributed by atoms with E-state index in [4.69, 9.17) is 11.6 Å². The molecule has 1 aromatic heterocycles. The number of pyridine rings is 1. The molecule has 5 rings (SSSR count). The van der Waals surface area contributed by atoms with Crippen LogP contribution in [0, 0.1) is 5.92 Å². The zero-order chi connectivity index (χ0) is 24.6. The van der Waals surface area contributed by atoms with Crippen LogP contribution in [0.15, 0.2) is 59.2 Å². The minimum absolute atomic E-state index is 0.0518. The lowest BCUT2D eigenvalue weighted by molar-refractivity contribution is 0.0121. The number of hydrogen-bond acceptors (Lipinski definition) is 4. The molecule has 3 aromatic rings. The van der Waals surface area contributed by atoms with Crippen molar-refractivity contribution in [1.29, 1.82) is 0 Å². The summed E-state index contributed by atoms with van der Waals surface area (Å²) < 4.78 is 0.989. The van der Waals surface area contributed by atoms with Crippen molar-refractivity contribution >= 4 is 50.1 Å². The van der Waals surface area contributed by atoms with Crippen LogP contribution in [0.25, 0.3) is 10.9 Å². The topological polar surface area (TPSA) is 53.5 Å². The van der Waals surface area contributed by atoms with E-state index in [0.717, 1.165) is 72.8 Å². The Morgan fingerprint density at radius 3 is 2.37 bits per heavy atom. The Hall–Kier alpha value is -2.28. The molecule has 3 heterocycles. The number of carbonyl (C=O) groups excluding carboxylic acids is 2. The number of ketones is 1. The number of halogens is 2. The molecule has 2 aliphatic rings. The number of nitrogens with zero attached hydrogens (tertiary/aromatic N) is 3. The molecule has 182 valence electrons. The number of rotatable bonds is 4. The second-order valence-corrected chi connectivity index (χ2v) is 11.3. The van der Waals surface area contributed by atoms with E-state index in [2.05, 4.69) is 32.7 Å². The molecule has 2 fully saturated rings. The lowest BCUT2D eigenvalue weighted by Crippen LogP contribution is -2.56. The van der Waals surface area contributed by atoms with Crippen LogP contribution in [-0.4, -0.2) is 58.2 Å². The lowest BCUT2D eigenvalue weighted by atomic mass is 9.82. The van der Waals surface area contributed by atoms with Crippen molar-refractivity contribution < 1.29 is 9.59 Å². The SMILES string of the molecule is CC1(N2CCC(C(=O)c3ccc(Br)cc3)CC2)CCN(C(=O)c2ccnc3cc(Cl)ccc23)CC1. The first-order valence-electron chi connectivity index (χ1n) is 12.2. The highest BCUT2D eigenvalue weighted by Crippen LogP contribution is 2.34. The fourth-order valence-corrected chi connectivity index (χ4v) is 5.95. The van der Waals surface area contributed by atoms with Crippen molar-refractivity contribution in [3.63, 3.8) is 0 Å². The van der Waals surface area contributed by atoms with E-state index in [1.165, 1.54) is 0 Å². The van der Waals surface area contributed by atoms with Gasteiger partial charge in [0.05, 0.1) is 11.1 Å². The Balaban J connectivity index is 1.20. The molecular weight excluding hydrogens is 526 g/mol. The van der Waals surface area contributed by atoms with Crippen LogP contribution in [0.3, 0.4) is 0 Å². The molecule has 2 saturated heterocycles. The first-order chi connectivity index (χ1) is 16.8. The van der Waals surface area contributed by atoms with Gasteiger partial charge in [-0.25, -0.2) is 0 Å². The zero-order valence-corrected chi connectivity index (χ0v) is 22.2. The number of piperidine rings is 2. The van der Waals surface area contributed by atoms with Crippen LogP contribution in [0.4, 0.5) is 0 Å². The predicted molar refractivity (Wildman–Crippen MR) is 143 cm³/mol. The van der Waals surface area contributed by atoms with Gasteiger partial charge in [0.1, 0.15) is 0 Å². The molecule has 5 nitrogen and oxygen atoms in total. The highest BCUT2D eigenvalue weighted by Gasteiger charge is 2.39. The van der Waals surface area contributed by atoms with Crippen molar-refractivity contribution in [3.8, 4) is 0 Å². The van der Waals surface area contributed by atoms with E-state index < -0.39 is 0 Å². The third-order valence-corrected chi connectivity index (χ3v) is 8.58. The quantitative estimate of drug-likeness (QED) is 0.358. The largest absolute Gasteiger partial charge is 0.338 e. The number of hydrogen-bond donors (Lipinski definition) is 0. The highest BCUT2D eigenvalue weighted by atomic mass is 79.9. The molecule has 0 atom stereocenters. The third-order valence-electron chi connectivity index (χ3n) is 7.82. The summed E-state index contributed by atoms with van der Waals surface area (Å²) in [6.07, 6.45) is 5.31. The van der Waals surface area contributed by atoms with Gasteiger partial charge in [-0.2, -0.15) is 0 Å². The van der Waals surface area contributed by atoms with Crippen LogP contribution in [0.5, 0.6) is 0 Å². The standard InChI is InChI=1S/C28H29BrClN3O2/c1-28(33-14-9-20(10-15-33)26(34)19-2-4-21(29)5-3-19)11-16-32(17-12-28)27(35)24-8-13-31-25-18-22(30)6-7-23(24)25/h2-8,13,18,20H,9-12,14-17H2,1H3. The summed E-state index contributed by atoms with van der Waals surface area (Å²) in [6.45, 7) is 5.62. The van der Waals surface area contributed by atoms with Crippen molar-refractivity contribution in [2.24, 2.45) is 5.92 Å². The fraction of sp³-hybridized carbons (Fsp3) is 0.393. The Bertz CT molecular complexity index is 1250. The molecule has 0 N–H and O–H groups in total. The van der Waals surface area contributed by atoms with Crippen molar-refractivity contribution in [2.45, 2.75) is 38.1 Å². The minimum atomic E-state index is 0.0518. The molecule has 0 radical (unpaired) electrons. The maximum atomic E-state index is 13.4. The van der Waals surface area contributed by atoms with E-state index in [1.54, 1.807) is 24.4 Å². The molecule has 0 bridgehead atoms. The monoisotopic (exact) mass is 553 g/mol. The second-order valence-electron chi connectivity index (χ2n) is 9.94. The van der Waals surface area contributed by atoms with E-state index in [0.29, 0.717) is 10.6 Å². The summed E-state index contributed by atoms with van der Waals surface area (Å²) in [5.74, 6) is 0.403. The van der Waals surface area contributed by atoms with Crippen LogP contribution in [0.1, 0.15) is 53.3 Å². The van der Waals surface area contributed by atoms with Crippen LogP contribution in [-0.2, 0) is 0 Å². The Morgan fingerprint density at radius 1 is 1.00 bits per heavy atom. The van der Waals surface area contributed by atoms with E-state index in [1.807, 2.05) is 35.2 Å². The number of amides is 1. The molecule has 0 aliphatic carbocycles. The van der Waals surface area contributed by atoms with Crippen LogP contribution in [0.2, 0.25) is 5.02 Å². The smallest absolute Gasteiger partial charge is 0.254 e. The average molecular weight is 555 g/mol. The molecule has 1 amide bonds. The molecular formula is C28H29BrClN3O2. The van der Waals surface area contributed by atoms with Gasteiger partial charge in [0.15, 0.2) is 5.78 Å². The van der Waals surface area contributed by atoms with E-state index in [9.17, 15) is 9.59 Å². The summed E-state index contributed by atoms with van der Waals surface area (Å²) in [7, 11) is 0. The minimum Gasteiger partial charge on any atom is -0.338 e. The van der Waals surface area contributed by atoms with Gasteiger partial charge in [0.2, 0.25) is 0 Å². The molecule has 0 unspecified atom stereocenters. The van der Waals surface area contributed by atoms with E-state index >= 15 is 0 Å². The molecule has 35 heavy (non-hydrogen) atoms. The summed E-state index contributed by atoms with van der Waals surface area (Å²) >= 11 is 9.54. The summed E-state index contributed by atoms with van der Waals surface area (Å²) in [5.41, 5.74) is 2.28. The lowest BCUT2D eigenvalue weighted by Gasteiger charge is -2.49. The first-order valence-corrected chi connectivity index (χ1v) is 13.4. The summed E-state index contributed by atoms with van der Waals surface area (Å²) in [5, 5.41) is 1.46. The normalized spacial score (nSPS) is 19.1. The Kier molecular flexibility index (Phi) is 6.97. The van der Waals surface area contributed by atoms with Gasteiger partial charge in [0.25, 0.3) is 5.91 Å². The van der Waals surface area contributed by atoms with Crippen LogP contribution >= 0.6 is 27.5 Å². The van der Waals surface area contributed by atoms with Gasteiger partial charge in [-0.3, -0.25) is 19.5 Å². The average Bonchev–Trinajstić information content (AvgIpc) is 2.88. The van der Waals surface area contributed by atoms with Crippen LogP contribution < -0.4 is 0 Å². The number of likely N-dealkylation sites (tertiary alicyclic amines) is 2. The predicted octanol–water partition coefficient (Wildman–Crippen LogP) is 6.24. The Morgan fingerprint density at radius 2 is 1.69 bits per heavy atom. The number of carbonyl (C=O) groups is 2. The maximum Gasteiger partial charge on any atom is 0.254 e. The van der Waals surface area contributed by atoms with Crippen molar-refractivity contribution in [2.75, 3.05) is 26.2 Å². The number of benzene rings is 2. The van der Waals surface area contributed by atoms with Gasteiger partial charge in [0, 0.05) is 51.2 Å². The number of aromatic nitrogens is 1. The zero-order valence-electron chi connectivity index (χ0n) is 19.8. The van der Waals surface area contributed by atoms with Gasteiger partial charge < -0.3 is 4.90 Å². The summed E-state index contributed by atoms with van der Waals surface area (Å²) in [4.78, 5) is 35.2. The fourth-order valence-electron chi connectivity index (χ4n) is 5.52.